The van der Waals surface area contributed by atoms with Gasteiger partial charge in [0.1, 0.15) is 0 Å². The molecule has 0 saturated carbocycles. The van der Waals surface area contributed by atoms with Gasteiger partial charge in [0.15, 0.2) is 0 Å². The van der Waals surface area contributed by atoms with Crippen LogP contribution >= 0.6 is 0 Å². The van der Waals surface area contributed by atoms with Gasteiger partial charge in [0.2, 0.25) is 10.0 Å². The Labute approximate surface area is 133 Å². The quantitative estimate of drug-likeness (QED) is 0.852. The smallest absolute Gasteiger partial charge is 0.253 e. The number of carbonyl (C=O) groups excluding carboxylic acids is 1. The van der Waals surface area contributed by atoms with E-state index in [0.717, 1.165) is 18.4 Å². The number of rotatable bonds is 4. The molecule has 1 aromatic carbocycles. The highest BCUT2D eigenvalue weighted by molar-refractivity contribution is 7.92. The first-order valence-corrected chi connectivity index (χ1v) is 9.41. The fourth-order valence-electron chi connectivity index (χ4n) is 2.89. The molecule has 0 unspecified atom stereocenters. The topological polar surface area (TPSA) is 57.7 Å². The van der Waals surface area contributed by atoms with Gasteiger partial charge in [-0.2, -0.15) is 0 Å². The van der Waals surface area contributed by atoms with Crippen LogP contribution < -0.4 is 4.31 Å². The van der Waals surface area contributed by atoms with Crippen molar-refractivity contribution in [3.05, 3.63) is 29.3 Å². The van der Waals surface area contributed by atoms with Crippen molar-refractivity contribution in [2.45, 2.75) is 26.7 Å². The molecule has 0 aliphatic carbocycles. The molecule has 22 heavy (non-hydrogen) atoms. The van der Waals surface area contributed by atoms with Crippen LogP contribution in [0, 0.1) is 5.92 Å². The first kappa shape index (κ1) is 16.8. The van der Waals surface area contributed by atoms with Crippen LogP contribution in [0.5, 0.6) is 0 Å². The molecule has 0 N–H and O–H groups in total. The lowest BCUT2D eigenvalue weighted by Gasteiger charge is -2.29. The van der Waals surface area contributed by atoms with Gasteiger partial charge in [0.25, 0.3) is 5.91 Å². The maximum atomic E-state index is 12.4. The minimum Gasteiger partial charge on any atom is -0.341 e. The van der Waals surface area contributed by atoms with Crippen LogP contribution in [-0.4, -0.2) is 45.6 Å². The van der Waals surface area contributed by atoms with Crippen molar-refractivity contribution in [2.75, 3.05) is 30.7 Å². The molecule has 5 nitrogen and oxygen atoms in total. The average Bonchev–Trinajstić information content (AvgIpc) is 2.43. The molecule has 6 heteroatoms. The van der Waals surface area contributed by atoms with E-state index in [2.05, 4.69) is 13.8 Å². The second-order valence-corrected chi connectivity index (χ2v) is 8.27. The van der Waals surface area contributed by atoms with E-state index in [-0.39, 0.29) is 5.91 Å². The van der Waals surface area contributed by atoms with Crippen molar-refractivity contribution >= 4 is 21.6 Å². The highest BCUT2D eigenvalue weighted by Gasteiger charge is 2.25. The summed E-state index contributed by atoms with van der Waals surface area (Å²) < 4.78 is 25.1. The van der Waals surface area contributed by atoms with Gasteiger partial charge < -0.3 is 4.90 Å². The Morgan fingerprint density at radius 3 is 2.64 bits per heavy atom. The highest BCUT2D eigenvalue weighted by Crippen LogP contribution is 2.30. The molecule has 1 aliphatic heterocycles. The number of anilines is 1. The second kappa shape index (κ2) is 6.28. The third-order valence-electron chi connectivity index (χ3n) is 3.79. The Hall–Kier alpha value is -1.56. The number of sulfonamides is 1. The van der Waals surface area contributed by atoms with E-state index in [9.17, 15) is 13.2 Å². The van der Waals surface area contributed by atoms with E-state index in [1.165, 1.54) is 10.6 Å². The normalized spacial score (nSPS) is 14.9. The zero-order valence-corrected chi connectivity index (χ0v) is 14.5. The standard InChI is InChI=1S/C16H24N2O3S/c1-12(2)11-17(3)16(19)14-7-8-15-13(10-14)6-5-9-18(15)22(4,20)21/h7-8,10,12H,5-6,9,11H2,1-4H3. The van der Waals surface area contributed by atoms with Gasteiger partial charge in [-0.3, -0.25) is 9.10 Å². The predicted octanol–water partition coefficient (Wildman–Crippen LogP) is 2.13. The summed E-state index contributed by atoms with van der Waals surface area (Å²) in [6.07, 6.45) is 2.80. The van der Waals surface area contributed by atoms with Gasteiger partial charge >= 0.3 is 0 Å². The third-order valence-corrected chi connectivity index (χ3v) is 4.97. The van der Waals surface area contributed by atoms with Gasteiger partial charge in [0, 0.05) is 25.7 Å². The summed E-state index contributed by atoms with van der Waals surface area (Å²) >= 11 is 0. The van der Waals surface area contributed by atoms with Crippen molar-refractivity contribution in [3.8, 4) is 0 Å². The van der Waals surface area contributed by atoms with Crippen LogP contribution in [0.3, 0.4) is 0 Å². The van der Waals surface area contributed by atoms with E-state index in [1.54, 1.807) is 24.1 Å². The van der Waals surface area contributed by atoms with Crippen molar-refractivity contribution in [1.29, 1.82) is 0 Å². The van der Waals surface area contributed by atoms with Crippen molar-refractivity contribution in [1.82, 2.24) is 4.90 Å². The van der Waals surface area contributed by atoms with Crippen molar-refractivity contribution in [3.63, 3.8) is 0 Å². The van der Waals surface area contributed by atoms with E-state index < -0.39 is 10.0 Å². The Kier molecular flexibility index (Phi) is 4.80. The third kappa shape index (κ3) is 3.61. The monoisotopic (exact) mass is 324 g/mol. The Bertz CT molecular complexity index is 668. The molecule has 0 fully saturated rings. The molecule has 1 amide bonds. The molecule has 0 bridgehead atoms. The average molecular weight is 324 g/mol. The van der Waals surface area contributed by atoms with Gasteiger partial charge in [-0.25, -0.2) is 8.42 Å². The van der Waals surface area contributed by atoms with Gasteiger partial charge in [0.05, 0.1) is 11.9 Å². The molecule has 0 radical (unpaired) electrons. The molecule has 1 aliphatic rings. The summed E-state index contributed by atoms with van der Waals surface area (Å²) in [7, 11) is -1.47. The molecule has 0 aromatic heterocycles. The largest absolute Gasteiger partial charge is 0.341 e. The van der Waals surface area contributed by atoms with Crippen LogP contribution in [0.4, 0.5) is 5.69 Å². The molecule has 1 heterocycles. The van der Waals surface area contributed by atoms with Gasteiger partial charge in [-0.05, 0) is 42.5 Å². The van der Waals surface area contributed by atoms with Gasteiger partial charge in [-0.15, -0.1) is 0 Å². The van der Waals surface area contributed by atoms with Crippen molar-refractivity contribution in [2.24, 2.45) is 5.92 Å². The number of benzene rings is 1. The maximum Gasteiger partial charge on any atom is 0.253 e. The van der Waals surface area contributed by atoms with Gasteiger partial charge in [-0.1, -0.05) is 13.8 Å². The van der Waals surface area contributed by atoms with Crippen LogP contribution in [0.15, 0.2) is 18.2 Å². The molecule has 122 valence electrons. The molecular formula is C16H24N2O3S. The first-order valence-electron chi connectivity index (χ1n) is 7.56. The van der Waals surface area contributed by atoms with E-state index in [1.807, 2.05) is 6.07 Å². The maximum absolute atomic E-state index is 12.4. The number of nitrogens with zero attached hydrogens (tertiary/aromatic N) is 2. The fraction of sp³-hybridized carbons (Fsp3) is 0.562. The zero-order chi connectivity index (χ0) is 16.5. The second-order valence-electron chi connectivity index (χ2n) is 6.36. The SMILES string of the molecule is CC(C)CN(C)C(=O)c1ccc2c(c1)CCCN2S(C)(=O)=O. The number of aryl methyl sites for hydroxylation is 1. The number of hydrogen-bond donors (Lipinski definition) is 0. The molecule has 1 aromatic rings. The summed E-state index contributed by atoms with van der Waals surface area (Å²) in [6.45, 7) is 5.35. The molecule has 2 rings (SSSR count). The fourth-order valence-corrected chi connectivity index (χ4v) is 3.89. The summed E-state index contributed by atoms with van der Waals surface area (Å²) in [5.74, 6) is 0.389. The Balaban J connectivity index is 2.30. The molecule has 0 saturated heterocycles. The number of amides is 1. The first-order chi connectivity index (χ1) is 10.2. The molecule has 0 atom stereocenters. The number of fused-ring (bicyclic) bond motifs is 1. The number of carbonyl (C=O) groups is 1. The van der Waals surface area contributed by atoms with E-state index >= 15 is 0 Å². The lowest BCUT2D eigenvalue weighted by atomic mass is 10.00. The summed E-state index contributed by atoms with van der Waals surface area (Å²) in [5, 5.41) is 0. The summed E-state index contributed by atoms with van der Waals surface area (Å²) in [5.41, 5.74) is 2.26. The minimum absolute atomic E-state index is 0.0204. The van der Waals surface area contributed by atoms with Crippen molar-refractivity contribution < 1.29 is 13.2 Å². The summed E-state index contributed by atoms with van der Waals surface area (Å²) in [4.78, 5) is 14.2. The van der Waals surface area contributed by atoms with E-state index in [4.69, 9.17) is 0 Å². The van der Waals surface area contributed by atoms with E-state index in [0.29, 0.717) is 30.3 Å². The molecular weight excluding hydrogens is 300 g/mol. The Morgan fingerprint density at radius 1 is 1.36 bits per heavy atom. The highest BCUT2D eigenvalue weighted by atomic mass is 32.2. The summed E-state index contributed by atoms with van der Waals surface area (Å²) in [6, 6.07) is 5.32. The lowest BCUT2D eigenvalue weighted by molar-refractivity contribution is 0.0779. The van der Waals surface area contributed by atoms with Crippen LogP contribution in [-0.2, 0) is 16.4 Å². The predicted molar refractivity (Wildman–Crippen MR) is 88.8 cm³/mol. The zero-order valence-electron chi connectivity index (χ0n) is 13.7. The van der Waals surface area contributed by atoms with Crippen LogP contribution in [0.2, 0.25) is 0 Å². The van der Waals surface area contributed by atoms with Crippen LogP contribution in [0.1, 0.15) is 36.2 Å². The number of hydrogen-bond acceptors (Lipinski definition) is 3. The minimum atomic E-state index is -3.27. The van der Waals surface area contributed by atoms with Crippen LogP contribution in [0.25, 0.3) is 0 Å². The lowest BCUT2D eigenvalue weighted by Crippen LogP contribution is -2.35. The molecule has 0 spiro atoms. The Morgan fingerprint density at radius 2 is 2.05 bits per heavy atom.